The summed E-state index contributed by atoms with van der Waals surface area (Å²) in [4.78, 5) is 20.6. The third kappa shape index (κ3) is 3.08. The quantitative estimate of drug-likeness (QED) is 0.713. The number of hydrogen-bond donors (Lipinski definition) is 1. The van der Waals surface area contributed by atoms with E-state index in [4.69, 9.17) is 9.47 Å². The fourth-order valence-corrected chi connectivity index (χ4v) is 3.12. The summed E-state index contributed by atoms with van der Waals surface area (Å²) in [5.41, 5.74) is 1.75. The van der Waals surface area contributed by atoms with Crippen LogP contribution in [0.3, 0.4) is 0 Å². The van der Waals surface area contributed by atoms with Crippen LogP contribution in [-0.4, -0.2) is 39.0 Å². The Morgan fingerprint density at radius 2 is 2.12 bits per heavy atom. The van der Waals surface area contributed by atoms with Gasteiger partial charge in [0, 0.05) is 36.8 Å². The van der Waals surface area contributed by atoms with Gasteiger partial charge in [-0.25, -0.2) is 9.97 Å². The van der Waals surface area contributed by atoms with Crippen molar-refractivity contribution in [3.8, 4) is 11.5 Å². The lowest BCUT2D eigenvalue weighted by Crippen LogP contribution is -2.29. The summed E-state index contributed by atoms with van der Waals surface area (Å²) in [5.74, 6) is 1.23. The third-order valence-electron chi connectivity index (χ3n) is 4.23. The number of fused-ring (bicyclic) bond motifs is 2. The number of carbonyl (C=O) groups excluding carboxylic acids is 1. The van der Waals surface area contributed by atoms with Crippen LogP contribution in [0.1, 0.15) is 29.9 Å². The Hall–Kier alpha value is -3.09. The molecule has 0 fully saturated rings. The maximum Gasteiger partial charge on any atom is 0.273 e. The summed E-state index contributed by atoms with van der Waals surface area (Å²) in [5, 5.41) is 2.81. The van der Waals surface area contributed by atoms with Crippen LogP contribution < -0.4 is 14.8 Å². The van der Waals surface area contributed by atoms with Crippen molar-refractivity contribution in [3.63, 3.8) is 0 Å². The Balaban J connectivity index is 1.36. The van der Waals surface area contributed by atoms with Gasteiger partial charge in [-0.05, 0) is 19.9 Å². The lowest BCUT2D eigenvalue weighted by atomic mass is 10.0. The van der Waals surface area contributed by atoms with E-state index in [1.165, 1.54) is 0 Å². The molecule has 0 aliphatic carbocycles. The van der Waals surface area contributed by atoms with Gasteiger partial charge < -0.3 is 19.2 Å². The number of aromatic nitrogens is 3. The number of carbonyl (C=O) groups is 1. The van der Waals surface area contributed by atoms with Gasteiger partial charge >= 0.3 is 0 Å². The van der Waals surface area contributed by atoms with Crippen LogP contribution in [0.25, 0.3) is 5.65 Å². The minimum atomic E-state index is -0.277. The molecule has 0 atom stereocenters. The Labute approximate surface area is 151 Å². The molecule has 1 aromatic carbocycles. The molecule has 2 aromatic heterocycles. The van der Waals surface area contributed by atoms with Gasteiger partial charge in [0.15, 0.2) is 22.8 Å². The van der Waals surface area contributed by atoms with Crippen LogP contribution in [0.2, 0.25) is 0 Å². The van der Waals surface area contributed by atoms with Crippen molar-refractivity contribution in [1.82, 2.24) is 19.7 Å². The zero-order valence-corrected chi connectivity index (χ0v) is 14.7. The molecule has 1 N–H and O–H groups in total. The lowest BCUT2D eigenvalue weighted by Gasteiger charge is -2.18. The second kappa shape index (κ2) is 6.33. The molecule has 3 heterocycles. The molecule has 1 aliphatic rings. The normalized spacial score (nSPS) is 14.7. The third-order valence-corrected chi connectivity index (χ3v) is 4.23. The maximum atomic E-state index is 12.3. The minimum absolute atomic E-state index is 0.218. The van der Waals surface area contributed by atoms with E-state index in [0.29, 0.717) is 30.2 Å². The molecule has 0 spiro atoms. The Morgan fingerprint density at radius 1 is 1.31 bits per heavy atom. The number of nitrogens with one attached hydrogen (secondary N) is 1. The molecule has 1 aliphatic heterocycles. The standard InChI is InChI=1S/C19H20N4O3/c1-19(2)12-13-4-3-5-14(16(13)26-19)25-11-8-22-18(24)15-17-21-7-10-23(17)9-6-20-15/h3-7,9-10H,8,11-12H2,1-2H3,(H,22,24). The van der Waals surface area contributed by atoms with Gasteiger partial charge in [0.05, 0.1) is 6.54 Å². The largest absolute Gasteiger partial charge is 0.488 e. The summed E-state index contributed by atoms with van der Waals surface area (Å²) in [6, 6.07) is 5.89. The molecule has 7 nitrogen and oxygen atoms in total. The summed E-state index contributed by atoms with van der Waals surface area (Å²) in [7, 11) is 0. The fraction of sp³-hybridized carbons (Fsp3) is 0.316. The van der Waals surface area contributed by atoms with E-state index in [9.17, 15) is 4.79 Å². The van der Waals surface area contributed by atoms with E-state index in [2.05, 4.69) is 35.2 Å². The monoisotopic (exact) mass is 352 g/mol. The number of ether oxygens (including phenoxy) is 2. The zero-order valence-electron chi connectivity index (χ0n) is 14.7. The van der Waals surface area contributed by atoms with Crippen molar-refractivity contribution in [3.05, 3.63) is 54.2 Å². The van der Waals surface area contributed by atoms with Gasteiger partial charge in [0.25, 0.3) is 5.91 Å². The van der Waals surface area contributed by atoms with Crippen LogP contribution in [0.4, 0.5) is 0 Å². The topological polar surface area (TPSA) is 77.8 Å². The molecule has 4 rings (SSSR count). The predicted octanol–water partition coefficient (Wildman–Crippen LogP) is 2.25. The van der Waals surface area contributed by atoms with E-state index in [0.717, 1.165) is 17.7 Å². The second-order valence-corrected chi connectivity index (χ2v) is 6.82. The molecular formula is C19H20N4O3. The van der Waals surface area contributed by atoms with Crippen molar-refractivity contribution in [1.29, 1.82) is 0 Å². The van der Waals surface area contributed by atoms with Crippen LogP contribution in [0.5, 0.6) is 11.5 Å². The van der Waals surface area contributed by atoms with Gasteiger partial charge in [-0.3, -0.25) is 4.79 Å². The Kier molecular flexibility index (Phi) is 3.99. The van der Waals surface area contributed by atoms with Gasteiger partial charge in [0.2, 0.25) is 0 Å². The van der Waals surface area contributed by atoms with Gasteiger partial charge in [0.1, 0.15) is 12.2 Å². The molecule has 0 radical (unpaired) electrons. The second-order valence-electron chi connectivity index (χ2n) is 6.82. The van der Waals surface area contributed by atoms with Crippen molar-refractivity contribution >= 4 is 11.6 Å². The number of para-hydroxylation sites is 1. The molecule has 0 bridgehead atoms. The first-order chi connectivity index (χ1) is 12.5. The Bertz CT molecular complexity index is 964. The highest BCUT2D eigenvalue weighted by molar-refractivity contribution is 5.97. The number of nitrogens with zero attached hydrogens (tertiary/aromatic N) is 3. The summed E-state index contributed by atoms with van der Waals surface area (Å²) in [6.45, 7) is 4.80. The molecule has 7 heteroatoms. The van der Waals surface area contributed by atoms with Crippen molar-refractivity contribution in [2.45, 2.75) is 25.9 Å². The van der Waals surface area contributed by atoms with Crippen molar-refractivity contribution in [2.24, 2.45) is 0 Å². The van der Waals surface area contributed by atoms with Crippen LogP contribution >= 0.6 is 0 Å². The number of rotatable bonds is 5. The predicted molar refractivity (Wildman–Crippen MR) is 95.7 cm³/mol. The smallest absolute Gasteiger partial charge is 0.273 e. The summed E-state index contributed by atoms with van der Waals surface area (Å²) < 4.78 is 13.6. The molecule has 1 amide bonds. The number of amides is 1. The molecule has 0 unspecified atom stereocenters. The fourth-order valence-electron chi connectivity index (χ4n) is 3.12. The molecule has 0 saturated carbocycles. The SMILES string of the molecule is CC1(C)Cc2cccc(OCCNC(=O)c3nccn4ccnc34)c2O1. The van der Waals surface area contributed by atoms with E-state index in [1.807, 2.05) is 12.1 Å². The van der Waals surface area contributed by atoms with Gasteiger partial charge in [-0.2, -0.15) is 0 Å². The maximum absolute atomic E-state index is 12.3. The van der Waals surface area contributed by atoms with Gasteiger partial charge in [-0.1, -0.05) is 12.1 Å². The molecular weight excluding hydrogens is 332 g/mol. The van der Waals surface area contributed by atoms with Crippen molar-refractivity contribution in [2.75, 3.05) is 13.2 Å². The zero-order chi connectivity index (χ0) is 18.1. The van der Waals surface area contributed by atoms with E-state index < -0.39 is 0 Å². The van der Waals surface area contributed by atoms with Crippen LogP contribution in [0.15, 0.2) is 43.0 Å². The van der Waals surface area contributed by atoms with Gasteiger partial charge in [-0.15, -0.1) is 0 Å². The number of benzene rings is 1. The average molecular weight is 352 g/mol. The number of hydrogen-bond acceptors (Lipinski definition) is 5. The van der Waals surface area contributed by atoms with Crippen LogP contribution in [0, 0.1) is 0 Å². The molecule has 26 heavy (non-hydrogen) atoms. The molecule has 0 saturated heterocycles. The summed E-state index contributed by atoms with van der Waals surface area (Å²) in [6.07, 6.45) is 7.59. The Morgan fingerprint density at radius 3 is 2.96 bits per heavy atom. The van der Waals surface area contributed by atoms with Crippen LogP contribution in [-0.2, 0) is 6.42 Å². The molecule has 3 aromatic rings. The van der Waals surface area contributed by atoms with Crippen molar-refractivity contribution < 1.29 is 14.3 Å². The highest BCUT2D eigenvalue weighted by Gasteiger charge is 2.32. The number of imidazole rings is 1. The first-order valence-electron chi connectivity index (χ1n) is 8.53. The first-order valence-corrected chi connectivity index (χ1v) is 8.53. The van der Waals surface area contributed by atoms with E-state index in [-0.39, 0.29) is 11.5 Å². The van der Waals surface area contributed by atoms with E-state index in [1.54, 1.807) is 29.2 Å². The highest BCUT2D eigenvalue weighted by Crippen LogP contribution is 2.41. The lowest BCUT2D eigenvalue weighted by molar-refractivity contribution is 0.0942. The molecule has 134 valence electrons. The first kappa shape index (κ1) is 16.4. The highest BCUT2D eigenvalue weighted by atomic mass is 16.5. The van der Waals surface area contributed by atoms with E-state index >= 15 is 0 Å². The minimum Gasteiger partial charge on any atom is -0.488 e. The average Bonchev–Trinajstić information content (AvgIpc) is 3.20. The summed E-state index contributed by atoms with van der Waals surface area (Å²) >= 11 is 0.